The summed E-state index contributed by atoms with van der Waals surface area (Å²) in [6, 6.07) is -0.855. The van der Waals surface area contributed by atoms with E-state index in [0.717, 1.165) is 18.8 Å². The number of rotatable bonds is 6. The second-order valence-electron chi connectivity index (χ2n) is 6.62. The summed E-state index contributed by atoms with van der Waals surface area (Å²) < 4.78 is 5.08. The van der Waals surface area contributed by atoms with Gasteiger partial charge in [0.15, 0.2) is 0 Å². The quantitative estimate of drug-likeness (QED) is 0.785. The minimum Gasteiger partial charge on any atom is -0.480 e. The Bertz CT molecular complexity index is 329. The number of carbonyl (C=O) groups excluding carboxylic acids is 1. The zero-order valence-corrected chi connectivity index (χ0v) is 12.8. The minimum absolute atomic E-state index is 0.463. The first-order chi connectivity index (χ1) is 9.28. The number of aliphatic carboxylic acids is 1. The average Bonchev–Trinajstić information content (AvgIpc) is 2.77. The molecule has 0 bridgehead atoms. The fraction of sp³-hybridized carbons (Fsp3) is 0.867. The van der Waals surface area contributed by atoms with Gasteiger partial charge in [0.2, 0.25) is 0 Å². The highest BCUT2D eigenvalue weighted by Gasteiger charge is 2.24. The molecule has 0 aromatic carbocycles. The first-order valence-electron chi connectivity index (χ1n) is 7.50. The van der Waals surface area contributed by atoms with E-state index in [1.807, 2.05) is 0 Å². The molecule has 0 aliphatic heterocycles. The van der Waals surface area contributed by atoms with Gasteiger partial charge in [-0.1, -0.05) is 38.5 Å². The van der Waals surface area contributed by atoms with Crippen molar-refractivity contribution in [2.24, 2.45) is 5.92 Å². The van der Waals surface area contributed by atoms with Crippen LogP contribution >= 0.6 is 0 Å². The lowest BCUT2D eigenvalue weighted by molar-refractivity contribution is -0.139. The Balaban J connectivity index is 2.32. The van der Waals surface area contributed by atoms with Crippen LogP contribution in [0.1, 0.15) is 65.7 Å². The van der Waals surface area contributed by atoms with Crippen molar-refractivity contribution >= 4 is 12.1 Å². The van der Waals surface area contributed by atoms with Crippen LogP contribution in [-0.2, 0) is 9.53 Å². The molecule has 116 valence electrons. The summed E-state index contributed by atoms with van der Waals surface area (Å²) in [4.78, 5) is 22.8. The van der Waals surface area contributed by atoms with Crippen LogP contribution in [-0.4, -0.2) is 28.8 Å². The van der Waals surface area contributed by atoms with Crippen LogP contribution in [0, 0.1) is 5.92 Å². The van der Waals surface area contributed by atoms with Gasteiger partial charge < -0.3 is 15.2 Å². The zero-order chi connectivity index (χ0) is 15.2. The summed E-state index contributed by atoms with van der Waals surface area (Å²) in [5, 5.41) is 11.6. The van der Waals surface area contributed by atoms with E-state index in [9.17, 15) is 9.59 Å². The number of hydrogen-bond acceptors (Lipinski definition) is 3. The molecular weight excluding hydrogens is 258 g/mol. The minimum atomic E-state index is -0.998. The number of alkyl carbamates (subject to hydrolysis) is 1. The van der Waals surface area contributed by atoms with Crippen molar-refractivity contribution in [3.05, 3.63) is 0 Å². The Morgan fingerprint density at radius 2 is 1.90 bits per heavy atom. The molecular formula is C15H27NO4. The van der Waals surface area contributed by atoms with E-state index >= 15 is 0 Å². The van der Waals surface area contributed by atoms with Gasteiger partial charge in [0.25, 0.3) is 0 Å². The third kappa shape index (κ3) is 6.78. The lowest BCUT2D eigenvalue weighted by Crippen LogP contribution is -2.43. The van der Waals surface area contributed by atoms with Gasteiger partial charge in [-0.3, -0.25) is 0 Å². The van der Waals surface area contributed by atoms with Crippen molar-refractivity contribution in [1.82, 2.24) is 5.32 Å². The van der Waals surface area contributed by atoms with E-state index < -0.39 is 23.7 Å². The molecule has 0 saturated heterocycles. The first kappa shape index (κ1) is 16.8. The van der Waals surface area contributed by atoms with Gasteiger partial charge in [0.1, 0.15) is 11.6 Å². The number of amides is 1. The van der Waals surface area contributed by atoms with E-state index in [2.05, 4.69) is 5.32 Å². The van der Waals surface area contributed by atoms with E-state index in [1.54, 1.807) is 20.8 Å². The molecule has 1 fully saturated rings. The maximum absolute atomic E-state index is 11.6. The van der Waals surface area contributed by atoms with Crippen LogP contribution < -0.4 is 5.32 Å². The van der Waals surface area contributed by atoms with E-state index in [1.165, 1.54) is 25.7 Å². The second kappa shape index (κ2) is 7.50. The van der Waals surface area contributed by atoms with Crippen molar-refractivity contribution in [2.45, 2.75) is 77.4 Å². The number of ether oxygens (including phenoxy) is 1. The number of hydrogen-bond donors (Lipinski definition) is 2. The molecule has 2 N–H and O–H groups in total. The highest BCUT2D eigenvalue weighted by molar-refractivity contribution is 5.79. The maximum atomic E-state index is 11.6. The maximum Gasteiger partial charge on any atom is 0.408 e. The van der Waals surface area contributed by atoms with Crippen LogP contribution in [0.2, 0.25) is 0 Å². The van der Waals surface area contributed by atoms with Crippen LogP contribution in [0.5, 0.6) is 0 Å². The van der Waals surface area contributed by atoms with E-state index in [-0.39, 0.29) is 0 Å². The summed E-state index contributed by atoms with van der Waals surface area (Å²) in [6.45, 7) is 5.26. The van der Waals surface area contributed by atoms with Crippen molar-refractivity contribution < 1.29 is 19.4 Å². The Kier molecular flexibility index (Phi) is 6.30. The number of carboxylic acid groups (broad SMARTS) is 1. The molecule has 0 aromatic heterocycles. The Hall–Kier alpha value is -1.26. The lowest BCUT2D eigenvalue weighted by Gasteiger charge is -2.22. The smallest absolute Gasteiger partial charge is 0.408 e. The Morgan fingerprint density at radius 1 is 1.30 bits per heavy atom. The van der Waals surface area contributed by atoms with Crippen LogP contribution in [0.25, 0.3) is 0 Å². The van der Waals surface area contributed by atoms with Gasteiger partial charge in [-0.2, -0.15) is 0 Å². The predicted octanol–water partition coefficient (Wildman–Crippen LogP) is 3.32. The zero-order valence-electron chi connectivity index (χ0n) is 12.8. The molecule has 1 unspecified atom stereocenters. The molecule has 5 nitrogen and oxygen atoms in total. The third-order valence-corrected chi connectivity index (χ3v) is 3.57. The third-order valence-electron chi connectivity index (χ3n) is 3.57. The molecule has 0 heterocycles. The molecule has 20 heavy (non-hydrogen) atoms. The van der Waals surface area contributed by atoms with Gasteiger partial charge in [0, 0.05) is 0 Å². The standard InChI is InChI=1S/C15H27NO4/c1-15(2,3)20-14(19)16-12(13(17)18)10-6-9-11-7-4-5-8-11/h11-12H,4-10H2,1-3H3,(H,16,19)(H,17,18). The molecule has 1 saturated carbocycles. The largest absolute Gasteiger partial charge is 0.480 e. The normalized spacial score (nSPS) is 17.8. The van der Waals surface area contributed by atoms with Gasteiger partial charge in [0.05, 0.1) is 0 Å². The molecule has 1 aliphatic rings. The van der Waals surface area contributed by atoms with Crippen molar-refractivity contribution in [1.29, 1.82) is 0 Å². The Labute approximate surface area is 121 Å². The molecule has 5 heteroatoms. The summed E-state index contributed by atoms with van der Waals surface area (Å²) >= 11 is 0. The van der Waals surface area contributed by atoms with Gasteiger partial charge in [-0.15, -0.1) is 0 Å². The summed E-state index contributed by atoms with van der Waals surface area (Å²) in [6.07, 6.45) is 6.80. The molecule has 0 aromatic rings. The van der Waals surface area contributed by atoms with E-state index in [4.69, 9.17) is 9.84 Å². The highest BCUT2D eigenvalue weighted by atomic mass is 16.6. The second-order valence-corrected chi connectivity index (χ2v) is 6.62. The van der Waals surface area contributed by atoms with Gasteiger partial charge in [-0.05, 0) is 33.1 Å². The van der Waals surface area contributed by atoms with Crippen molar-refractivity contribution in [2.75, 3.05) is 0 Å². The van der Waals surface area contributed by atoms with Crippen LogP contribution in [0.3, 0.4) is 0 Å². The average molecular weight is 285 g/mol. The fourth-order valence-corrected chi connectivity index (χ4v) is 2.62. The first-order valence-corrected chi connectivity index (χ1v) is 7.50. The molecule has 1 rings (SSSR count). The SMILES string of the molecule is CC(C)(C)OC(=O)NC(CCCC1CCCC1)C(=O)O. The van der Waals surface area contributed by atoms with E-state index in [0.29, 0.717) is 6.42 Å². The lowest BCUT2D eigenvalue weighted by atomic mass is 9.98. The summed E-state index contributed by atoms with van der Waals surface area (Å²) in [7, 11) is 0. The summed E-state index contributed by atoms with van der Waals surface area (Å²) in [5.74, 6) is -0.256. The topological polar surface area (TPSA) is 75.6 Å². The molecule has 0 radical (unpaired) electrons. The highest BCUT2D eigenvalue weighted by Crippen LogP contribution is 2.29. The number of carboxylic acids is 1. The van der Waals surface area contributed by atoms with Crippen LogP contribution in [0.15, 0.2) is 0 Å². The van der Waals surface area contributed by atoms with Crippen molar-refractivity contribution in [3.63, 3.8) is 0 Å². The fourth-order valence-electron chi connectivity index (χ4n) is 2.62. The summed E-state index contributed by atoms with van der Waals surface area (Å²) in [5.41, 5.74) is -0.614. The number of nitrogens with one attached hydrogen (secondary N) is 1. The molecule has 1 amide bonds. The molecule has 1 atom stereocenters. The van der Waals surface area contributed by atoms with Crippen molar-refractivity contribution in [3.8, 4) is 0 Å². The molecule has 0 spiro atoms. The number of carbonyl (C=O) groups is 2. The predicted molar refractivity (Wildman–Crippen MR) is 76.6 cm³/mol. The monoisotopic (exact) mass is 285 g/mol. The van der Waals surface area contributed by atoms with Gasteiger partial charge in [-0.25, -0.2) is 9.59 Å². The Morgan fingerprint density at radius 3 is 2.40 bits per heavy atom. The van der Waals surface area contributed by atoms with Gasteiger partial charge >= 0.3 is 12.1 Å². The molecule has 1 aliphatic carbocycles. The van der Waals surface area contributed by atoms with Crippen LogP contribution in [0.4, 0.5) is 4.79 Å².